The zero-order valence-corrected chi connectivity index (χ0v) is 23.4. The van der Waals surface area contributed by atoms with Gasteiger partial charge in [0.25, 0.3) is 5.69 Å². The number of sulfonamides is 1. The third-order valence-electron chi connectivity index (χ3n) is 7.21. The number of carbonyl (C=O) groups excluding carboxylic acids is 1. The van der Waals surface area contributed by atoms with Crippen molar-refractivity contribution >= 4 is 44.6 Å². The number of piperazine rings is 1. The zero-order valence-electron chi connectivity index (χ0n) is 21.0. The van der Waals surface area contributed by atoms with E-state index in [1.165, 1.54) is 33.4 Å². The lowest BCUT2D eigenvalue weighted by molar-refractivity contribution is -0.384. The van der Waals surface area contributed by atoms with Crippen LogP contribution in [0, 0.1) is 15.9 Å². The monoisotopic (exact) mass is 592 g/mol. The lowest BCUT2D eigenvalue weighted by atomic mass is 9.93. The Morgan fingerprint density at radius 1 is 1.18 bits per heavy atom. The van der Waals surface area contributed by atoms with Gasteiger partial charge in [0.15, 0.2) is 0 Å². The molecule has 0 unspecified atom stereocenters. The molecule has 5 rings (SSSR count). The summed E-state index contributed by atoms with van der Waals surface area (Å²) in [6.45, 7) is 2.86. The minimum absolute atomic E-state index is 0.0493. The highest BCUT2D eigenvalue weighted by Gasteiger charge is 2.38. The molecule has 3 aromatic rings. The summed E-state index contributed by atoms with van der Waals surface area (Å²) in [7, 11) is -4.05. The lowest BCUT2D eigenvalue weighted by Gasteiger charge is -2.41. The van der Waals surface area contributed by atoms with E-state index in [1.54, 1.807) is 29.2 Å². The number of hydrogen-bond acceptors (Lipinski definition) is 7. The first-order chi connectivity index (χ1) is 18.6. The van der Waals surface area contributed by atoms with Crippen LogP contribution in [0.1, 0.15) is 29.0 Å². The van der Waals surface area contributed by atoms with Crippen LogP contribution in [0.4, 0.5) is 10.1 Å². The van der Waals surface area contributed by atoms with Crippen molar-refractivity contribution in [1.29, 1.82) is 0 Å². The van der Waals surface area contributed by atoms with Gasteiger partial charge in [-0.25, -0.2) is 12.8 Å². The molecule has 2 aliphatic rings. The number of amides is 1. The van der Waals surface area contributed by atoms with Crippen LogP contribution in [0.25, 0.3) is 0 Å². The second-order valence-electron chi connectivity index (χ2n) is 9.65. The van der Waals surface area contributed by atoms with E-state index in [0.29, 0.717) is 6.54 Å². The average Bonchev–Trinajstić information content (AvgIpc) is 3.37. The molecule has 2 atom stereocenters. The van der Waals surface area contributed by atoms with Gasteiger partial charge < -0.3 is 4.90 Å². The van der Waals surface area contributed by atoms with Crippen molar-refractivity contribution in [1.82, 2.24) is 14.1 Å². The van der Waals surface area contributed by atoms with Crippen LogP contribution < -0.4 is 0 Å². The maximum Gasteiger partial charge on any atom is 0.289 e. The van der Waals surface area contributed by atoms with E-state index in [0.717, 1.165) is 23.6 Å². The number of nitro groups is 1. The Morgan fingerprint density at radius 3 is 2.69 bits per heavy atom. The van der Waals surface area contributed by atoms with E-state index < -0.39 is 26.7 Å². The van der Waals surface area contributed by atoms with Crippen molar-refractivity contribution in [2.45, 2.75) is 30.3 Å². The summed E-state index contributed by atoms with van der Waals surface area (Å²) in [5.41, 5.74) is 1.37. The van der Waals surface area contributed by atoms with E-state index in [2.05, 4.69) is 0 Å². The highest BCUT2D eigenvalue weighted by molar-refractivity contribution is 7.89. The Kier molecular flexibility index (Phi) is 7.75. The first kappa shape index (κ1) is 27.7. The second kappa shape index (κ2) is 10.9. The van der Waals surface area contributed by atoms with Gasteiger partial charge in [0.2, 0.25) is 15.9 Å². The second-order valence-corrected chi connectivity index (χ2v) is 13.0. The van der Waals surface area contributed by atoms with Crippen molar-refractivity contribution in [2.75, 3.05) is 32.7 Å². The van der Waals surface area contributed by atoms with Crippen LogP contribution >= 0.6 is 22.9 Å². The normalized spacial score (nSPS) is 20.5. The molecule has 0 bridgehead atoms. The van der Waals surface area contributed by atoms with Crippen LogP contribution in [-0.2, 0) is 21.2 Å². The molecule has 2 aliphatic heterocycles. The van der Waals surface area contributed by atoms with E-state index in [1.807, 2.05) is 22.4 Å². The third kappa shape index (κ3) is 5.44. The first-order valence-corrected chi connectivity index (χ1v) is 15.1. The Morgan fingerprint density at radius 2 is 1.97 bits per heavy atom. The molecule has 206 valence electrons. The molecule has 1 saturated heterocycles. The summed E-state index contributed by atoms with van der Waals surface area (Å²) in [6.07, 6.45) is 0.793. The van der Waals surface area contributed by atoms with Gasteiger partial charge in [-0.3, -0.25) is 19.8 Å². The lowest BCUT2D eigenvalue weighted by Crippen LogP contribution is -2.57. The molecule has 0 N–H and O–H groups in total. The van der Waals surface area contributed by atoms with Gasteiger partial charge in [0.1, 0.15) is 10.8 Å². The molecule has 9 nitrogen and oxygen atoms in total. The van der Waals surface area contributed by atoms with Crippen molar-refractivity contribution in [3.63, 3.8) is 0 Å². The number of fused-ring (bicyclic) bond motifs is 1. The number of carbonyl (C=O) groups is 1. The van der Waals surface area contributed by atoms with Gasteiger partial charge in [-0.15, -0.1) is 11.3 Å². The van der Waals surface area contributed by atoms with Crippen molar-refractivity contribution in [3.05, 3.63) is 90.9 Å². The number of halogens is 2. The Hall–Kier alpha value is -2.90. The molecule has 1 fully saturated rings. The van der Waals surface area contributed by atoms with Crippen molar-refractivity contribution in [2.24, 2.45) is 0 Å². The number of benzene rings is 2. The number of nitrogens with zero attached hydrogens (tertiary/aromatic N) is 4. The molecule has 0 aliphatic carbocycles. The molecule has 2 aromatic carbocycles. The molecular weight excluding hydrogens is 567 g/mol. The third-order valence-corrected chi connectivity index (χ3v) is 10.5. The Balaban J connectivity index is 1.31. The summed E-state index contributed by atoms with van der Waals surface area (Å²) in [4.78, 5) is 28.7. The first-order valence-electron chi connectivity index (χ1n) is 12.4. The maximum absolute atomic E-state index is 14.1. The van der Waals surface area contributed by atoms with Gasteiger partial charge in [0.05, 0.1) is 22.4 Å². The minimum atomic E-state index is -4.05. The maximum atomic E-state index is 14.1. The highest BCUT2D eigenvalue weighted by atomic mass is 35.5. The fourth-order valence-corrected chi connectivity index (χ4v) is 8.06. The topological polar surface area (TPSA) is 104 Å². The van der Waals surface area contributed by atoms with Crippen LogP contribution in [-0.4, -0.2) is 72.1 Å². The minimum Gasteiger partial charge on any atom is -0.339 e. The molecule has 13 heteroatoms. The fraction of sp³-hybridized carbons (Fsp3) is 0.346. The Bertz CT molecular complexity index is 1530. The SMILES string of the molecule is C[C@@H]1CN(C(=O)CN2CCc3sccc3[C@@H]2c2cccc(F)c2)CCN1S(=O)(=O)c1ccc(Cl)c([N+](=O)[O-])c1. The summed E-state index contributed by atoms with van der Waals surface area (Å²) < 4.78 is 42.0. The molecule has 0 radical (unpaired) electrons. The van der Waals surface area contributed by atoms with Gasteiger partial charge >= 0.3 is 0 Å². The van der Waals surface area contributed by atoms with E-state index in [4.69, 9.17) is 11.6 Å². The van der Waals surface area contributed by atoms with E-state index in [9.17, 15) is 27.7 Å². The number of nitro benzene ring substituents is 1. The van der Waals surface area contributed by atoms with Crippen molar-refractivity contribution in [3.8, 4) is 0 Å². The number of thiophene rings is 1. The van der Waals surface area contributed by atoms with Gasteiger partial charge in [0, 0.05) is 43.2 Å². The molecule has 0 saturated carbocycles. The number of rotatable bonds is 6. The Labute approximate surface area is 234 Å². The average molecular weight is 593 g/mol. The summed E-state index contributed by atoms with van der Waals surface area (Å²) in [5, 5.41) is 13.1. The zero-order chi connectivity index (χ0) is 27.9. The predicted molar refractivity (Wildman–Crippen MR) is 146 cm³/mol. The summed E-state index contributed by atoms with van der Waals surface area (Å²) in [6, 6.07) is 11.1. The standard InChI is InChI=1S/C26H26ClFN4O5S2/c1-17-15-29(10-11-31(17)39(36,37)20-5-6-22(27)23(14-20)32(34)35)25(33)16-30-9-7-24-21(8-12-38-24)26(30)18-3-2-4-19(28)13-18/h2-6,8,12-14,17,26H,7,9-11,15-16H2,1H3/t17-,26+/m1/s1. The quantitative estimate of drug-likeness (QED) is 0.312. The molecule has 0 spiro atoms. The van der Waals surface area contributed by atoms with Crippen LogP contribution in [0.5, 0.6) is 0 Å². The molecule has 1 aromatic heterocycles. The molecular formula is C26H26ClFN4O5S2. The largest absolute Gasteiger partial charge is 0.339 e. The summed E-state index contributed by atoms with van der Waals surface area (Å²) in [5.74, 6) is -0.473. The van der Waals surface area contributed by atoms with Gasteiger partial charge in [-0.05, 0) is 60.2 Å². The van der Waals surface area contributed by atoms with E-state index in [-0.39, 0.29) is 53.9 Å². The fourth-order valence-electron chi connectivity index (χ4n) is 5.33. The predicted octanol–water partition coefficient (Wildman–Crippen LogP) is 4.32. The molecule has 1 amide bonds. The van der Waals surface area contributed by atoms with Crippen LogP contribution in [0.3, 0.4) is 0 Å². The number of hydrogen-bond donors (Lipinski definition) is 0. The smallest absolute Gasteiger partial charge is 0.289 e. The molecule has 39 heavy (non-hydrogen) atoms. The highest BCUT2D eigenvalue weighted by Crippen LogP contribution is 2.38. The molecule has 3 heterocycles. The van der Waals surface area contributed by atoms with Gasteiger partial charge in [-0.2, -0.15) is 4.31 Å². The van der Waals surface area contributed by atoms with E-state index >= 15 is 0 Å². The van der Waals surface area contributed by atoms with Crippen LogP contribution in [0.15, 0.2) is 58.8 Å². The summed E-state index contributed by atoms with van der Waals surface area (Å²) >= 11 is 7.51. The van der Waals surface area contributed by atoms with Gasteiger partial charge in [-0.1, -0.05) is 23.7 Å². The van der Waals surface area contributed by atoms with Crippen molar-refractivity contribution < 1.29 is 22.5 Å². The van der Waals surface area contributed by atoms with Crippen LogP contribution in [0.2, 0.25) is 5.02 Å².